The van der Waals surface area contributed by atoms with E-state index in [1.54, 1.807) is 0 Å². The molecule has 0 bridgehead atoms. The summed E-state index contributed by atoms with van der Waals surface area (Å²) in [5.74, 6) is -1.21. The molecular formula is C21H40NaO4. The van der Waals surface area contributed by atoms with Crippen molar-refractivity contribution in [2.24, 2.45) is 5.92 Å². The molecule has 0 aromatic heterocycles. The zero-order valence-electron chi connectivity index (χ0n) is 17.7. The Morgan fingerprint density at radius 2 is 1.12 bits per heavy atom. The summed E-state index contributed by atoms with van der Waals surface area (Å²) in [5.41, 5.74) is -2.23. The molecule has 0 rings (SSSR count). The molecule has 26 heavy (non-hydrogen) atoms. The fraction of sp³-hybridized carbons (Fsp3) is 0.905. The second kappa shape index (κ2) is 17.2. The molecule has 5 heteroatoms. The molecule has 2 N–H and O–H groups in total. The number of carbonyl (C=O) groups is 2. The number of aliphatic carboxylic acids is 1. The maximum Gasteiger partial charge on any atom is 0.343 e. The average Bonchev–Trinajstić information content (AvgIpc) is 2.54. The van der Waals surface area contributed by atoms with Gasteiger partial charge in [-0.05, 0) is 19.3 Å². The fourth-order valence-corrected chi connectivity index (χ4v) is 2.97. The van der Waals surface area contributed by atoms with Crippen LogP contribution in [0.3, 0.4) is 0 Å². The van der Waals surface area contributed by atoms with Gasteiger partial charge in [-0.1, -0.05) is 90.9 Å². The SMILES string of the molecule is CC(C)CCCCCCCCCCCCCCC(=O)C(C)(O)C(=O)O.[Na]. The van der Waals surface area contributed by atoms with Gasteiger partial charge in [0.2, 0.25) is 5.60 Å². The van der Waals surface area contributed by atoms with Crippen molar-refractivity contribution < 1.29 is 19.8 Å². The summed E-state index contributed by atoms with van der Waals surface area (Å²) in [6, 6.07) is 0. The molecule has 0 saturated carbocycles. The van der Waals surface area contributed by atoms with Gasteiger partial charge in [0.1, 0.15) is 0 Å². The van der Waals surface area contributed by atoms with Crippen LogP contribution in [0.2, 0.25) is 0 Å². The molecule has 0 fully saturated rings. The second-order valence-corrected chi connectivity index (χ2v) is 7.98. The van der Waals surface area contributed by atoms with E-state index in [4.69, 9.17) is 5.11 Å². The van der Waals surface area contributed by atoms with Crippen LogP contribution in [0.1, 0.15) is 111 Å². The Morgan fingerprint density at radius 3 is 1.46 bits per heavy atom. The number of Topliss-reactive ketones (excluding diaryl/α,β-unsaturated/α-hetero) is 1. The first-order chi connectivity index (χ1) is 11.8. The van der Waals surface area contributed by atoms with Gasteiger partial charge in [0.25, 0.3) is 0 Å². The molecule has 1 unspecified atom stereocenters. The van der Waals surface area contributed by atoms with Crippen LogP contribution in [0.15, 0.2) is 0 Å². The predicted molar refractivity (Wildman–Crippen MR) is 108 cm³/mol. The standard InChI is InChI=1S/C21H40O4.Na/c1-18(2)16-14-12-10-8-6-4-5-7-9-11-13-15-17-19(22)21(3,25)20(23)24;/h18,25H,4-17H2,1-3H3,(H,23,24);. The van der Waals surface area contributed by atoms with Gasteiger partial charge >= 0.3 is 5.97 Å². The van der Waals surface area contributed by atoms with E-state index in [1.807, 2.05) is 0 Å². The largest absolute Gasteiger partial charge is 0.479 e. The van der Waals surface area contributed by atoms with Gasteiger partial charge in [-0.3, -0.25) is 4.79 Å². The molecule has 0 aliphatic rings. The zero-order valence-corrected chi connectivity index (χ0v) is 19.7. The third-order valence-electron chi connectivity index (χ3n) is 4.89. The maximum atomic E-state index is 11.6. The first-order valence-corrected chi connectivity index (χ1v) is 10.3. The van der Waals surface area contributed by atoms with Crippen LogP contribution in [0.4, 0.5) is 0 Å². The second-order valence-electron chi connectivity index (χ2n) is 7.98. The topological polar surface area (TPSA) is 74.6 Å². The van der Waals surface area contributed by atoms with E-state index >= 15 is 0 Å². The fourth-order valence-electron chi connectivity index (χ4n) is 2.97. The van der Waals surface area contributed by atoms with Crippen molar-refractivity contribution in [3.8, 4) is 0 Å². The quantitative estimate of drug-likeness (QED) is 0.209. The van der Waals surface area contributed by atoms with Crippen molar-refractivity contribution >= 4 is 41.3 Å². The summed E-state index contributed by atoms with van der Waals surface area (Å²) in [6.07, 6.45) is 16.1. The van der Waals surface area contributed by atoms with Crippen molar-refractivity contribution in [3.63, 3.8) is 0 Å². The van der Waals surface area contributed by atoms with Gasteiger partial charge in [0.15, 0.2) is 5.78 Å². The van der Waals surface area contributed by atoms with Gasteiger partial charge in [0, 0.05) is 36.0 Å². The number of carbonyl (C=O) groups excluding carboxylic acids is 1. The normalized spacial score (nSPS) is 13.3. The molecular weight excluding hydrogens is 339 g/mol. The van der Waals surface area contributed by atoms with E-state index in [0.717, 1.165) is 25.7 Å². The first-order valence-electron chi connectivity index (χ1n) is 10.3. The van der Waals surface area contributed by atoms with Crippen molar-refractivity contribution in [1.29, 1.82) is 0 Å². The third-order valence-corrected chi connectivity index (χ3v) is 4.89. The zero-order chi connectivity index (χ0) is 19.1. The number of carboxylic acids is 1. The Kier molecular flexibility index (Phi) is 18.7. The molecule has 0 spiro atoms. The molecule has 0 amide bonds. The molecule has 0 aliphatic carbocycles. The van der Waals surface area contributed by atoms with Gasteiger partial charge in [-0.2, -0.15) is 0 Å². The Labute approximate surface area is 182 Å². The van der Waals surface area contributed by atoms with Gasteiger partial charge in [-0.15, -0.1) is 0 Å². The number of rotatable bonds is 17. The van der Waals surface area contributed by atoms with Crippen molar-refractivity contribution in [3.05, 3.63) is 0 Å². The van der Waals surface area contributed by atoms with Gasteiger partial charge < -0.3 is 10.2 Å². The van der Waals surface area contributed by atoms with Crippen molar-refractivity contribution in [2.45, 2.75) is 116 Å². The number of hydrogen-bond acceptors (Lipinski definition) is 3. The van der Waals surface area contributed by atoms with E-state index in [-0.39, 0.29) is 36.0 Å². The van der Waals surface area contributed by atoms with Crippen LogP contribution in [0, 0.1) is 5.92 Å². The summed E-state index contributed by atoms with van der Waals surface area (Å²) < 4.78 is 0. The Morgan fingerprint density at radius 1 is 0.769 bits per heavy atom. The van der Waals surface area contributed by atoms with Crippen LogP contribution in [0.5, 0.6) is 0 Å². The number of carboxylic acid groups (broad SMARTS) is 1. The molecule has 0 heterocycles. The average molecular weight is 380 g/mol. The van der Waals surface area contributed by atoms with Gasteiger partial charge in [0.05, 0.1) is 0 Å². The Hall–Kier alpha value is 0.100. The first kappa shape index (κ1) is 28.3. The summed E-state index contributed by atoms with van der Waals surface area (Å²) >= 11 is 0. The Bertz CT molecular complexity index is 367. The van der Waals surface area contributed by atoms with Crippen LogP contribution >= 0.6 is 0 Å². The molecule has 1 radical (unpaired) electrons. The summed E-state index contributed by atoms with van der Waals surface area (Å²) in [7, 11) is 0. The molecule has 149 valence electrons. The van der Waals surface area contributed by atoms with Crippen LogP contribution in [-0.2, 0) is 9.59 Å². The molecule has 1 atom stereocenters. The molecule has 0 aromatic rings. The summed E-state index contributed by atoms with van der Waals surface area (Å²) in [4.78, 5) is 22.4. The van der Waals surface area contributed by atoms with Crippen LogP contribution in [0.25, 0.3) is 0 Å². The number of unbranched alkanes of at least 4 members (excludes halogenated alkanes) is 11. The molecule has 4 nitrogen and oxygen atoms in total. The Balaban J connectivity index is 0. The minimum atomic E-state index is -2.23. The van der Waals surface area contributed by atoms with E-state index < -0.39 is 17.4 Å². The minimum absolute atomic E-state index is 0. The molecule has 0 saturated heterocycles. The molecule has 0 aromatic carbocycles. The monoisotopic (exact) mass is 379 g/mol. The van der Waals surface area contributed by atoms with E-state index in [9.17, 15) is 14.7 Å². The number of ketones is 1. The minimum Gasteiger partial charge on any atom is -0.479 e. The van der Waals surface area contributed by atoms with E-state index in [2.05, 4.69) is 13.8 Å². The van der Waals surface area contributed by atoms with Gasteiger partial charge in [-0.25, -0.2) is 4.79 Å². The van der Waals surface area contributed by atoms with E-state index in [1.165, 1.54) is 64.2 Å². The summed E-state index contributed by atoms with van der Waals surface area (Å²) in [6.45, 7) is 5.64. The predicted octanol–water partition coefficient (Wildman–Crippen LogP) is 5.13. The van der Waals surface area contributed by atoms with Crippen LogP contribution in [-0.4, -0.2) is 57.1 Å². The van der Waals surface area contributed by atoms with Crippen molar-refractivity contribution in [2.75, 3.05) is 0 Å². The van der Waals surface area contributed by atoms with Crippen LogP contribution < -0.4 is 0 Å². The van der Waals surface area contributed by atoms with E-state index in [0.29, 0.717) is 6.42 Å². The third kappa shape index (κ3) is 15.2. The maximum absolute atomic E-state index is 11.6. The smallest absolute Gasteiger partial charge is 0.343 e. The summed E-state index contributed by atoms with van der Waals surface area (Å²) in [5, 5.41) is 18.3. The number of hydrogen-bond donors (Lipinski definition) is 2. The van der Waals surface area contributed by atoms with Crippen molar-refractivity contribution in [1.82, 2.24) is 0 Å². The number of aliphatic hydroxyl groups is 1. The molecule has 0 aliphatic heterocycles.